The number of amides is 3. The third-order valence-electron chi connectivity index (χ3n) is 2.53. The molecule has 2 rings (SSSR count). The Morgan fingerprint density at radius 2 is 2.35 bits per heavy atom. The second kappa shape index (κ2) is 4.63. The third kappa shape index (κ3) is 2.34. The summed E-state index contributed by atoms with van der Waals surface area (Å²) < 4.78 is 0. The van der Waals surface area contributed by atoms with Crippen LogP contribution in [0, 0.1) is 0 Å². The lowest BCUT2D eigenvalue weighted by atomic mass is 10.1. The van der Waals surface area contributed by atoms with E-state index in [-0.39, 0.29) is 17.8 Å². The van der Waals surface area contributed by atoms with E-state index in [0.29, 0.717) is 17.9 Å². The van der Waals surface area contributed by atoms with Crippen LogP contribution in [0.4, 0.5) is 16.2 Å². The van der Waals surface area contributed by atoms with Crippen molar-refractivity contribution in [2.24, 2.45) is 0 Å². The van der Waals surface area contributed by atoms with Crippen LogP contribution in [-0.4, -0.2) is 29.8 Å². The average molecular weight is 254 g/mol. The number of carbonyl (C=O) groups excluding carboxylic acids is 2. The van der Waals surface area contributed by atoms with Gasteiger partial charge in [0, 0.05) is 13.6 Å². The normalized spacial score (nSPS) is 14.0. The van der Waals surface area contributed by atoms with Crippen molar-refractivity contribution in [3.8, 4) is 0 Å². The zero-order valence-electron chi connectivity index (χ0n) is 9.29. The summed E-state index contributed by atoms with van der Waals surface area (Å²) in [6, 6.07) is 5.27. The molecular formula is C11H12ClN3O2. The molecule has 0 saturated heterocycles. The summed E-state index contributed by atoms with van der Waals surface area (Å²) in [5.41, 5.74) is 2.18. The number of halogens is 1. The molecule has 0 radical (unpaired) electrons. The van der Waals surface area contributed by atoms with E-state index < -0.39 is 0 Å². The Balaban J connectivity index is 2.33. The number of rotatable bonds is 2. The molecule has 1 aromatic carbocycles. The molecule has 2 N–H and O–H groups in total. The molecule has 1 aromatic rings. The first kappa shape index (κ1) is 11.7. The van der Waals surface area contributed by atoms with E-state index in [1.165, 1.54) is 0 Å². The number of carbonyl (C=O) groups is 2. The SMILES string of the molecule is CN1Cc2cccc(NC(=O)CCl)c2NC1=O. The minimum Gasteiger partial charge on any atom is -0.323 e. The number of hydrogen-bond acceptors (Lipinski definition) is 2. The molecule has 0 aromatic heterocycles. The standard InChI is InChI=1S/C11H12ClN3O2/c1-15-6-7-3-2-4-8(13-9(16)5-12)10(7)14-11(15)17/h2-4H,5-6H2,1H3,(H,13,16)(H,14,17). The van der Waals surface area contributed by atoms with Crippen molar-refractivity contribution in [3.63, 3.8) is 0 Å². The van der Waals surface area contributed by atoms with Gasteiger partial charge in [-0.2, -0.15) is 0 Å². The van der Waals surface area contributed by atoms with Crippen molar-refractivity contribution in [3.05, 3.63) is 23.8 Å². The summed E-state index contributed by atoms with van der Waals surface area (Å²) in [4.78, 5) is 24.4. The van der Waals surface area contributed by atoms with Crippen LogP contribution in [0.2, 0.25) is 0 Å². The van der Waals surface area contributed by atoms with Gasteiger partial charge in [0.05, 0.1) is 11.4 Å². The molecule has 90 valence electrons. The molecule has 1 heterocycles. The fourth-order valence-corrected chi connectivity index (χ4v) is 1.76. The van der Waals surface area contributed by atoms with Crippen molar-refractivity contribution in [2.45, 2.75) is 6.54 Å². The topological polar surface area (TPSA) is 61.4 Å². The molecule has 17 heavy (non-hydrogen) atoms. The lowest BCUT2D eigenvalue weighted by molar-refractivity contribution is -0.113. The summed E-state index contributed by atoms with van der Waals surface area (Å²) in [6.07, 6.45) is 0. The van der Waals surface area contributed by atoms with E-state index in [1.54, 1.807) is 18.0 Å². The number of fused-ring (bicyclic) bond motifs is 1. The second-order valence-corrected chi connectivity index (χ2v) is 4.07. The van der Waals surface area contributed by atoms with Gasteiger partial charge >= 0.3 is 6.03 Å². The van der Waals surface area contributed by atoms with Crippen molar-refractivity contribution < 1.29 is 9.59 Å². The van der Waals surface area contributed by atoms with E-state index in [2.05, 4.69) is 10.6 Å². The zero-order valence-corrected chi connectivity index (χ0v) is 10.0. The van der Waals surface area contributed by atoms with Gasteiger partial charge in [0.15, 0.2) is 0 Å². The molecule has 3 amide bonds. The number of anilines is 2. The van der Waals surface area contributed by atoms with Gasteiger partial charge in [-0.05, 0) is 11.6 Å². The van der Waals surface area contributed by atoms with Crippen molar-refractivity contribution in [2.75, 3.05) is 23.6 Å². The number of hydrogen-bond donors (Lipinski definition) is 2. The van der Waals surface area contributed by atoms with Crippen LogP contribution in [-0.2, 0) is 11.3 Å². The molecular weight excluding hydrogens is 242 g/mol. The maximum Gasteiger partial charge on any atom is 0.321 e. The van der Waals surface area contributed by atoms with E-state index in [4.69, 9.17) is 11.6 Å². The lowest BCUT2D eigenvalue weighted by Gasteiger charge is -2.27. The van der Waals surface area contributed by atoms with Gasteiger partial charge in [0.2, 0.25) is 5.91 Å². The molecule has 0 spiro atoms. The summed E-state index contributed by atoms with van der Waals surface area (Å²) in [5, 5.41) is 5.39. The Hall–Kier alpha value is -1.75. The molecule has 6 heteroatoms. The molecule has 0 atom stereocenters. The number of nitrogens with one attached hydrogen (secondary N) is 2. The minimum absolute atomic E-state index is 0.114. The Kier molecular flexibility index (Phi) is 3.19. The maximum absolute atomic E-state index is 11.5. The van der Waals surface area contributed by atoms with Crippen LogP contribution in [0.5, 0.6) is 0 Å². The molecule has 0 aliphatic carbocycles. The van der Waals surface area contributed by atoms with Gasteiger partial charge in [-0.3, -0.25) is 4.79 Å². The van der Waals surface area contributed by atoms with Gasteiger partial charge in [0.25, 0.3) is 0 Å². The molecule has 0 saturated carbocycles. The highest BCUT2D eigenvalue weighted by molar-refractivity contribution is 6.29. The third-order valence-corrected chi connectivity index (χ3v) is 2.78. The van der Waals surface area contributed by atoms with Crippen molar-refractivity contribution in [1.29, 1.82) is 0 Å². The maximum atomic E-state index is 11.5. The largest absolute Gasteiger partial charge is 0.323 e. The van der Waals surface area contributed by atoms with Crippen LogP contribution in [0.3, 0.4) is 0 Å². The zero-order chi connectivity index (χ0) is 12.4. The van der Waals surface area contributed by atoms with Gasteiger partial charge < -0.3 is 15.5 Å². The highest BCUT2D eigenvalue weighted by Crippen LogP contribution is 2.30. The smallest absolute Gasteiger partial charge is 0.321 e. The molecule has 1 aliphatic heterocycles. The predicted molar refractivity (Wildman–Crippen MR) is 66.3 cm³/mol. The van der Waals surface area contributed by atoms with Crippen molar-refractivity contribution in [1.82, 2.24) is 4.90 Å². The van der Waals surface area contributed by atoms with Crippen LogP contribution >= 0.6 is 11.6 Å². The number of benzene rings is 1. The van der Waals surface area contributed by atoms with Gasteiger partial charge in [-0.15, -0.1) is 11.6 Å². The monoisotopic (exact) mass is 253 g/mol. The second-order valence-electron chi connectivity index (χ2n) is 3.81. The Labute approximate surface area is 104 Å². The molecule has 0 bridgehead atoms. The van der Waals surface area contributed by atoms with E-state index >= 15 is 0 Å². The highest BCUT2D eigenvalue weighted by atomic mass is 35.5. The van der Waals surface area contributed by atoms with Gasteiger partial charge in [-0.25, -0.2) is 4.79 Å². The molecule has 1 aliphatic rings. The first-order valence-electron chi connectivity index (χ1n) is 5.11. The Bertz CT molecular complexity index is 476. The summed E-state index contributed by atoms with van der Waals surface area (Å²) in [5.74, 6) is -0.411. The average Bonchev–Trinajstić information content (AvgIpc) is 2.31. The summed E-state index contributed by atoms with van der Waals surface area (Å²) in [7, 11) is 1.71. The predicted octanol–water partition coefficient (Wildman–Crippen LogP) is 1.84. The van der Waals surface area contributed by atoms with E-state index in [1.807, 2.05) is 12.1 Å². The molecule has 5 nitrogen and oxygen atoms in total. The molecule has 0 fully saturated rings. The van der Waals surface area contributed by atoms with E-state index in [0.717, 1.165) is 5.56 Å². The van der Waals surface area contributed by atoms with Gasteiger partial charge in [-0.1, -0.05) is 12.1 Å². The Morgan fingerprint density at radius 3 is 3.06 bits per heavy atom. The van der Waals surface area contributed by atoms with Crippen LogP contribution < -0.4 is 10.6 Å². The minimum atomic E-state index is -0.298. The van der Waals surface area contributed by atoms with Crippen LogP contribution in [0.1, 0.15) is 5.56 Å². The number of urea groups is 1. The summed E-state index contributed by atoms with van der Waals surface area (Å²) >= 11 is 5.43. The fraction of sp³-hybridized carbons (Fsp3) is 0.273. The quantitative estimate of drug-likeness (QED) is 0.790. The van der Waals surface area contributed by atoms with E-state index in [9.17, 15) is 9.59 Å². The lowest BCUT2D eigenvalue weighted by Crippen LogP contribution is -2.36. The number of alkyl halides is 1. The summed E-state index contributed by atoms with van der Waals surface area (Å²) in [6.45, 7) is 0.520. The fourth-order valence-electron chi connectivity index (χ4n) is 1.70. The highest BCUT2D eigenvalue weighted by Gasteiger charge is 2.21. The first-order chi connectivity index (χ1) is 8.11. The first-order valence-corrected chi connectivity index (χ1v) is 5.65. The number of nitrogens with zero attached hydrogens (tertiary/aromatic N) is 1. The Morgan fingerprint density at radius 1 is 1.59 bits per heavy atom. The van der Waals surface area contributed by atoms with Crippen molar-refractivity contribution >= 4 is 34.9 Å². The van der Waals surface area contributed by atoms with Gasteiger partial charge in [0.1, 0.15) is 5.88 Å². The molecule has 0 unspecified atom stereocenters. The van der Waals surface area contributed by atoms with Crippen LogP contribution in [0.25, 0.3) is 0 Å². The van der Waals surface area contributed by atoms with Crippen LogP contribution in [0.15, 0.2) is 18.2 Å². The number of para-hydroxylation sites is 1.